The Hall–Kier alpha value is -2.25. The largest absolute Gasteiger partial charge is 0.341 e. The summed E-state index contributed by atoms with van der Waals surface area (Å²) in [6.45, 7) is 3.91. The first-order valence-electron chi connectivity index (χ1n) is 6.15. The first kappa shape index (κ1) is 13.2. The molecule has 2 aromatic rings. The Morgan fingerprint density at radius 3 is 2.89 bits per heavy atom. The smallest absolute Gasteiger partial charge is 0.224 e. The summed E-state index contributed by atoms with van der Waals surface area (Å²) in [5.74, 6) is 0.0553. The molecule has 0 aliphatic heterocycles. The number of rotatable bonds is 6. The van der Waals surface area contributed by atoms with Gasteiger partial charge in [0, 0.05) is 38.3 Å². The van der Waals surface area contributed by atoms with Crippen LogP contribution in [0.2, 0.25) is 0 Å². The molecule has 0 spiro atoms. The molecule has 0 bridgehead atoms. The van der Waals surface area contributed by atoms with Gasteiger partial charge in [-0.1, -0.05) is 0 Å². The standard InChI is InChI=1S/C11H17N7O/c1-3-17-8-10(6-13-17)7-16(2)11(19)4-5-18-9-12-14-15-18/h6,8-9H,3-5,7H2,1-2H3. The van der Waals surface area contributed by atoms with Crippen LogP contribution < -0.4 is 0 Å². The Bertz CT molecular complexity index is 519. The van der Waals surface area contributed by atoms with Gasteiger partial charge in [-0.25, -0.2) is 4.68 Å². The minimum atomic E-state index is 0.0553. The van der Waals surface area contributed by atoms with Gasteiger partial charge in [-0.15, -0.1) is 5.10 Å². The third kappa shape index (κ3) is 3.60. The number of tetrazole rings is 1. The third-order valence-electron chi connectivity index (χ3n) is 2.80. The van der Waals surface area contributed by atoms with Gasteiger partial charge in [0.05, 0.1) is 12.7 Å². The Kier molecular flexibility index (Phi) is 4.22. The summed E-state index contributed by atoms with van der Waals surface area (Å²) in [5.41, 5.74) is 1.03. The average Bonchev–Trinajstić information content (AvgIpc) is 3.06. The van der Waals surface area contributed by atoms with Crippen molar-refractivity contribution >= 4 is 5.91 Å². The molecule has 0 aromatic carbocycles. The van der Waals surface area contributed by atoms with Gasteiger partial charge in [0.1, 0.15) is 6.33 Å². The number of carbonyl (C=O) groups excluding carboxylic acids is 1. The summed E-state index contributed by atoms with van der Waals surface area (Å²) in [7, 11) is 1.78. The second kappa shape index (κ2) is 6.07. The number of carbonyl (C=O) groups is 1. The maximum absolute atomic E-state index is 11.9. The molecule has 0 saturated carbocycles. The van der Waals surface area contributed by atoms with Gasteiger partial charge in [0.15, 0.2) is 0 Å². The number of amides is 1. The van der Waals surface area contributed by atoms with E-state index in [1.165, 1.54) is 6.33 Å². The van der Waals surface area contributed by atoms with Gasteiger partial charge in [0.2, 0.25) is 5.91 Å². The fraction of sp³-hybridized carbons (Fsp3) is 0.545. The predicted molar refractivity (Wildman–Crippen MR) is 66.8 cm³/mol. The van der Waals surface area contributed by atoms with Crippen molar-refractivity contribution in [2.45, 2.75) is 33.0 Å². The van der Waals surface area contributed by atoms with Gasteiger partial charge in [0.25, 0.3) is 0 Å². The minimum Gasteiger partial charge on any atom is -0.341 e. The highest BCUT2D eigenvalue weighted by Gasteiger charge is 2.10. The van der Waals surface area contributed by atoms with Crippen LogP contribution in [0.1, 0.15) is 18.9 Å². The molecule has 19 heavy (non-hydrogen) atoms. The highest BCUT2D eigenvalue weighted by Crippen LogP contribution is 2.04. The van der Waals surface area contributed by atoms with Crippen LogP contribution in [0.15, 0.2) is 18.7 Å². The molecule has 0 radical (unpaired) electrons. The molecule has 2 rings (SSSR count). The molecular weight excluding hydrogens is 246 g/mol. The van der Waals surface area contributed by atoms with Crippen molar-refractivity contribution in [3.63, 3.8) is 0 Å². The SMILES string of the molecule is CCn1cc(CN(C)C(=O)CCn2cnnn2)cn1. The fourth-order valence-electron chi connectivity index (χ4n) is 1.71. The lowest BCUT2D eigenvalue weighted by atomic mass is 10.3. The van der Waals surface area contributed by atoms with Gasteiger partial charge < -0.3 is 4.90 Å². The topological polar surface area (TPSA) is 81.7 Å². The molecule has 8 heteroatoms. The molecule has 2 heterocycles. The van der Waals surface area contributed by atoms with Crippen LogP contribution in [-0.2, 0) is 24.4 Å². The Morgan fingerprint density at radius 2 is 2.26 bits per heavy atom. The Labute approximate surface area is 111 Å². The molecule has 102 valence electrons. The van der Waals surface area contributed by atoms with Gasteiger partial charge in [-0.05, 0) is 17.4 Å². The molecule has 0 fully saturated rings. The van der Waals surface area contributed by atoms with Crippen molar-refractivity contribution in [3.8, 4) is 0 Å². The lowest BCUT2D eigenvalue weighted by Gasteiger charge is -2.15. The molecule has 0 aliphatic rings. The Balaban J connectivity index is 1.81. The summed E-state index contributed by atoms with van der Waals surface area (Å²) in [5, 5.41) is 14.9. The maximum Gasteiger partial charge on any atom is 0.224 e. The molecule has 0 unspecified atom stereocenters. The predicted octanol–water partition coefficient (Wildman–Crippen LogP) is -0.0618. The first-order valence-corrected chi connectivity index (χ1v) is 6.15. The van der Waals surface area contributed by atoms with Crippen molar-refractivity contribution in [2.75, 3.05) is 7.05 Å². The normalized spacial score (nSPS) is 10.6. The van der Waals surface area contributed by atoms with Crippen molar-refractivity contribution in [1.82, 2.24) is 34.9 Å². The second-order valence-corrected chi connectivity index (χ2v) is 4.28. The van der Waals surface area contributed by atoms with E-state index in [-0.39, 0.29) is 5.91 Å². The van der Waals surface area contributed by atoms with Crippen molar-refractivity contribution in [1.29, 1.82) is 0 Å². The van der Waals surface area contributed by atoms with E-state index in [9.17, 15) is 4.79 Å². The van der Waals surface area contributed by atoms with E-state index in [0.29, 0.717) is 19.5 Å². The van der Waals surface area contributed by atoms with E-state index in [4.69, 9.17) is 0 Å². The van der Waals surface area contributed by atoms with Crippen molar-refractivity contribution < 1.29 is 4.79 Å². The average molecular weight is 263 g/mol. The molecule has 0 saturated heterocycles. The fourth-order valence-corrected chi connectivity index (χ4v) is 1.71. The number of hydrogen-bond donors (Lipinski definition) is 0. The highest BCUT2D eigenvalue weighted by molar-refractivity contribution is 5.75. The van der Waals surface area contributed by atoms with Crippen LogP contribution in [0.25, 0.3) is 0 Å². The molecule has 0 atom stereocenters. The molecular formula is C11H17N7O. The first-order chi connectivity index (χ1) is 9.19. The van der Waals surface area contributed by atoms with E-state index in [1.807, 2.05) is 17.8 Å². The molecule has 0 N–H and O–H groups in total. The minimum absolute atomic E-state index is 0.0553. The summed E-state index contributed by atoms with van der Waals surface area (Å²) in [6.07, 6.45) is 5.61. The molecule has 8 nitrogen and oxygen atoms in total. The molecule has 0 aliphatic carbocycles. The monoisotopic (exact) mass is 263 g/mol. The number of hydrogen-bond acceptors (Lipinski definition) is 5. The number of aromatic nitrogens is 6. The Morgan fingerprint density at radius 1 is 1.42 bits per heavy atom. The summed E-state index contributed by atoms with van der Waals surface area (Å²) < 4.78 is 3.38. The zero-order chi connectivity index (χ0) is 13.7. The lowest BCUT2D eigenvalue weighted by molar-refractivity contribution is -0.130. The summed E-state index contributed by atoms with van der Waals surface area (Å²) in [4.78, 5) is 13.6. The van der Waals surface area contributed by atoms with Crippen molar-refractivity contribution in [2.24, 2.45) is 0 Å². The van der Waals surface area contributed by atoms with E-state index in [1.54, 1.807) is 22.8 Å². The van der Waals surface area contributed by atoms with E-state index in [2.05, 4.69) is 20.6 Å². The number of nitrogens with zero attached hydrogens (tertiary/aromatic N) is 7. The molecule has 2 aromatic heterocycles. The van der Waals surface area contributed by atoms with Crippen LogP contribution in [0, 0.1) is 0 Å². The number of aryl methyl sites for hydroxylation is 2. The third-order valence-corrected chi connectivity index (χ3v) is 2.80. The van der Waals surface area contributed by atoms with E-state index >= 15 is 0 Å². The van der Waals surface area contributed by atoms with Crippen molar-refractivity contribution in [3.05, 3.63) is 24.3 Å². The van der Waals surface area contributed by atoms with Crippen LogP contribution in [-0.4, -0.2) is 47.8 Å². The highest BCUT2D eigenvalue weighted by atomic mass is 16.2. The summed E-state index contributed by atoms with van der Waals surface area (Å²) >= 11 is 0. The zero-order valence-electron chi connectivity index (χ0n) is 11.1. The maximum atomic E-state index is 11.9. The van der Waals surface area contributed by atoms with E-state index < -0.39 is 0 Å². The summed E-state index contributed by atoms with van der Waals surface area (Å²) in [6, 6.07) is 0. The van der Waals surface area contributed by atoms with Crippen LogP contribution in [0.4, 0.5) is 0 Å². The second-order valence-electron chi connectivity index (χ2n) is 4.28. The van der Waals surface area contributed by atoms with Gasteiger partial charge in [-0.3, -0.25) is 9.48 Å². The van der Waals surface area contributed by atoms with Crippen LogP contribution >= 0.6 is 0 Å². The van der Waals surface area contributed by atoms with E-state index in [0.717, 1.165) is 12.1 Å². The molecule has 1 amide bonds. The van der Waals surface area contributed by atoms with Crippen LogP contribution in [0.3, 0.4) is 0 Å². The zero-order valence-corrected chi connectivity index (χ0v) is 11.1. The van der Waals surface area contributed by atoms with Crippen LogP contribution in [0.5, 0.6) is 0 Å². The lowest BCUT2D eigenvalue weighted by Crippen LogP contribution is -2.27. The quantitative estimate of drug-likeness (QED) is 0.729. The van der Waals surface area contributed by atoms with Gasteiger partial charge in [-0.2, -0.15) is 5.10 Å². The van der Waals surface area contributed by atoms with Gasteiger partial charge >= 0.3 is 0 Å².